The zero-order chi connectivity index (χ0) is 12.5. The third-order valence-corrected chi connectivity index (χ3v) is 5.57. The normalized spacial score (nSPS) is 25.3. The summed E-state index contributed by atoms with van der Waals surface area (Å²) in [7, 11) is -1.71. The summed E-state index contributed by atoms with van der Waals surface area (Å²) in [5.74, 6) is 0.383. The molecule has 0 saturated heterocycles. The third-order valence-electron chi connectivity index (χ3n) is 3.06. The summed E-state index contributed by atoms with van der Waals surface area (Å²) in [6, 6.07) is 0. The number of imidazole rings is 1. The topological polar surface area (TPSA) is 64.0 Å². The van der Waals surface area contributed by atoms with E-state index in [1.54, 1.807) is 11.6 Å². The van der Waals surface area contributed by atoms with Gasteiger partial charge in [0.2, 0.25) is 0 Å². The van der Waals surface area contributed by atoms with Gasteiger partial charge >= 0.3 is 0 Å². The van der Waals surface area contributed by atoms with Crippen molar-refractivity contribution in [3.05, 3.63) is 12.5 Å². The molecule has 2 unspecified atom stereocenters. The van der Waals surface area contributed by atoms with Crippen molar-refractivity contribution in [1.29, 1.82) is 0 Å². The van der Waals surface area contributed by atoms with Gasteiger partial charge in [0.05, 0.1) is 6.33 Å². The standard InChI is InChI=1S/C10H16BrN3O2S/c1-14-6-10(12-7-14)17(15,16)13-5-8-3-2-4-9(8)11/h6-9,13H,2-5H2,1H3. The SMILES string of the molecule is Cn1cnc(S(=O)(=O)NCC2CCCC2Br)c1. The number of nitrogens with zero attached hydrogens (tertiary/aromatic N) is 2. The predicted molar refractivity (Wildman–Crippen MR) is 68.5 cm³/mol. The lowest BCUT2D eigenvalue weighted by Crippen LogP contribution is -2.31. The first kappa shape index (κ1) is 13.0. The second-order valence-corrected chi connectivity index (χ2v) is 7.33. The molecule has 1 aliphatic rings. The van der Waals surface area contributed by atoms with Crippen LogP contribution < -0.4 is 4.72 Å². The average molecular weight is 322 g/mol. The maximum Gasteiger partial charge on any atom is 0.259 e. The Labute approximate surface area is 110 Å². The van der Waals surface area contributed by atoms with E-state index in [4.69, 9.17) is 0 Å². The van der Waals surface area contributed by atoms with Crippen LogP contribution in [0.3, 0.4) is 0 Å². The molecule has 0 aliphatic heterocycles. The van der Waals surface area contributed by atoms with Gasteiger partial charge < -0.3 is 4.57 Å². The highest BCUT2D eigenvalue weighted by molar-refractivity contribution is 9.09. The molecule has 1 aromatic rings. The molecule has 2 atom stereocenters. The molecule has 0 aromatic carbocycles. The van der Waals surface area contributed by atoms with Crippen molar-refractivity contribution in [2.45, 2.75) is 29.1 Å². The Balaban J connectivity index is 1.98. The number of rotatable bonds is 4. The fourth-order valence-electron chi connectivity index (χ4n) is 2.04. The molecular formula is C10H16BrN3O2S. The van der Waals surface area contributed by atoms with Gasteiger partial charge in [-0.1, -0.05) is 22.4 Å². The Hall–Kier alpha value is -0.400. The maximum atomic E-state index is 11.9. The second-order valence-electron chi connectivity index (χ2n) is 4.44. The fourth-order valence-corrected chi connectivity index (χ4v) is 3.89. The van der Waals surface area contributed by atoms with Gasteiger partial charge in [-0.2, -0.15) is 0 Å². The Morgan fingerprint density at radius 3 is 2.88 bits per heavy atom. The van der Waals surface area contributed by atoms with Crippen LogP contribution in [0.25, 0.3) is 0 Å². The van der Waals surface area contributed by atoms with Crippen LogP contribution >= 0.6 is 15.9 Å². The molecule has 1 saturated carbocycles. The van der Waals surface area contributed by atoms with E-state index in [0.29, 0.717) is 17.3 Å². The minimum Gasteiger partial charge on any atom is -0.339 e. The molecular weight excluding hydrogens is 306 g/mol. The molecule has 5 nitrogen and oxygen atoms in total. The molecule has 1 heterocycles. The summed E-state index contributed by atoms with van der Waals surface area (Å²) >= 11 is 3.58. The summed E-state index contributed by atoms with van der Waals surface area (Å²) in [6.07, 6.45) is 6.34. The van der Waals surface area contributed by atoms with Crippen molar-refractivity contribution >= 4 is 26.0 Å². The highest BCUT2D eigenvalue weighted by atomic mass is 79.9. The van der Waals surface area contributed by atoms with E-state index in [2.05, 4.69) is 25.6 Å². The van der Waals surface area contributed by atoms with Crippen molar-refractivity contribution in [2.24, 2.45) is 13.0 Å². The number of nitrogens with one attached hydrogen (secondary N) is 1. The summed E-state index contributed by atoms with van der Waals surface area (Å²) in [6.45, 7) is 0.481. The summed E-state index contributed by atoms with van der Waals surface area (Å²) in [4.78, 5) is 4.28. The van der Waals surface area contributed by atoms with E-state index >= 15 is 0 Å². The van der Waals surface area contributed by atoms with Crippen LogP contribution in [0.5, 0.6) is 0 Å². The van der Waals surface area contributed by atoms with E-state index < -0.39 is 10.0 Å². The second kappa shape index (κ2) is 5.07. The van der Waals surface area contributed by atoms with E-state index in [9.17, 15) is 8.42 Å². The van der Waals surface area contributed by atoms with Crippen LogP contribution in [0.15, 0.2) is 17.6 Å². The number of hydrogen-bond acceptors (Lipinski definition) is 3. The van der Waals surface area contributed by atoms with Crippen molar-refractivity contribution in [2.75, 3.05) is 6.54 Å². The Kier molecular flexibility index (Phi) is 3.89. The van der Waals surface area contributed by atoms with Gasteiger partial charge in [0.1, 0.15) is 0 Å². The molecule has 1 aromatic heterocycles. The molecule has 1 fully saturated rings. The summed E-state index contributed by atoms with van der Waals surface area (Å²) in [5.41, 5.74) is 0. The Morgan fingerprint density at radius 2 is 2.35 bits per heavy atom. The fraction of sp³-hybridized carbons (Fsp3) is 0.700. The number of sulfonamides is 1. The number of hydrogen-bond donors (Lipinski definition) is 1. The van der Waals surface area contributed by atoms with Gasteiger partial charge in [-0.3, -0.25) is 0 Å². The van der Waals surface area contributed by atoms with E-state index in [1.807, 2.05) is 0 Å². The predicted octanol–water partition coefficient (Wildman–Crippen LogP) is 1.26. The average Bonchev–Trinajstić information content (AvgIpc) is 2.85. The first-order valence-corrected chi connectivity index (χ1v) is 8.00. The van der Waals surface area contributed by atoms with Gasteiger partial charge in [-0.15, -0.1) is 0 Å². The van der Waals surface area contributed by atoms with Crippen LogP contribution in [0.4, 0.5) is 0 Å². The Bertz CT molecular complexity index is 485. The molecule has 96 valence electrons. The molecule has 0 bridgehead atoms. The van der Waals surface area contributed by atoms with Crippen LogP contribution in [-0.4, -0.2) is 29.3 Å². The largest absolute Gasteiger partial charge is 0.339 e. The van der Waals surface area contributed by atoms with Gasteiger partial charge in [0.25, 0.3) is 10.0 Å². The number of halogens is 1. The lowest BCUT2D eigenvalue weighted by atomic mass is 10.1. The van der Waals surface area contributed by atoms with Crippen LogP contribution in [-0.2, 0) is 17.1 Å². The molecule has 1 N–H and O–H groups in total. The van der Waals surface area contributed by atoms with E-state index in [0.717, 1.165) is 19.3 Å². The zero-order valence-electron chi connectivity index (χ0n) is 9.63. The van der Waals surface area contributed by atoms with Crippen LogP contribution in [0, 0.1) is 5.92 Å². The Morgan fingerprint density at radius 1 is 1.59 bits per heavy atom. The molecule has 2 rings (SSSR count). The summed E-state index contributed by atoms with van der Waals surface area (Å²) in [5, 5.41) is 0.0871. The first-order valence-electron chi connectivity index (χ1n) is 5.61. The van der Waals surface area contributed by atoms with Crippen LogP contribution in [0.2, 0.25) is 0 Å². The van der Waals surface area contributed by atoms with E-state index in [1.165, 1.54) is 12.5 Å². The van der Waals surface area contributed by atoms with Crippen molar-refractivity contribution in [3.63, 3.8) is 0 Å². The quantitative estimate of drug-likeness (QED) is 0.849. The number of aryl methyl sites for hydroxylation is 1. The molecule has 1 aliphatic carbocycles. The number of aromatic nitrogens is 2. The minimum atomic E-state index is -3.45. The van der Waals surface area contributed by atoms with Gasteiger partial charge in [-0.25, -0.2) is 18.1 Å². The van der Waals surface area contributed by atoms with Gasteiger partial charge in [0, 0.05) is 24.6 Å². The third kappa shape index (κ3) is 3.08. The lowest BCUT2D eigenvalue weighted by Gasteiger charge is -2.13. The van der Waals surface area contributed by atoms with Gasteiger partial charge in [-0.05, 0) is 18.8 Å². The van der Waals surface area contributed by atoms with Crippen LogP contribution in [0.1, 0.15) is 19.3 Å². The number of alkyl halides is 1. The first-order chi connectivity index (χ1) is 7.99. The summed E-state index contributed by atoms with van der Waals surface area (Å²) < 4.78 is 28.1. The smallest absolute Gasteiger partial charge is 0.259 e. The minimum absolute atomic E-state index is 0.0871. The monoisotopic (exact) mass is 321 g/mol. The van der Waals surface area contributed by atoms with Crippen molar-refractivity contribution in [1.82, 2.24) is 14.3 Å². The molecule has 17 heavy (non-hydrogen) atoms. The maximum absolute atomic E-state index is 11.9. The highest BCUT2D eigenvalue weighted by Crippen LogP contribution is 2.31. The van der Waals surface area contributed by atoms with E-state index in [-0.39, 0.29) is 5.03 Å². The van der Waals surface area contributed by atoms with Gasteiger partial charge in [0.15, 0.2) is 5.03 Å². The molecule has 0 amide bonds. The molecule has 0 spiro atoms. The molecule has 0 radical (unpaired) electrons. The zero-order valence-corrected chi connectivity index (χ0v) is 12.0. The lowest BCUT2D eigenvalue weighted by molar-refractivity contribution is 0.528. The molecule has 7 heteroatoms. The van der Waals surface area contributed by atoms with Crippen molar-refractivity contribution < 1.29 is 8.42 Å². The highest BCUT2D eigenvalue weighted by Gasteiger charge is 2.27. The van der Waals surface area contributed by atoms with Crippen molar-refractivity contribution in [3.8, 4) is 0 Å².